The van der Waals surface area contributed by atoms with Crippen molar-refractivity contribution >= 4 is 5.69 Å². The summed E-state index contributed by atoms with van der Waals surface area (Å²) in [5.74, 6) is 0.840. The highest BCUT2D eigenvalue weighted by atomic mass is 16.5. The summed E-state index contributed by atoms with van der Waals surface area (Å²) >= 11 is 0. The molecular weight excluding hydrogens is 328 g/mol. The Labute approximate surface area is 153 Å². The van der Waals surface area contributed by atoms with Crippen molar-refractivity contribution in [3.05, 3.63) is 71.5 Å². The molecule has 0 spiro atoms. The molecule has 1 atom stereocenters. The fraction of sp³-hybridized carbons (Fsp3) is 0.300. The molecule has 1 fully saturated rings. The lowest BCUT2D eigenvalue weighted by Gasteiger charge is -2.23. The molecule has 2 aromatic carbocycles. The molecule has 2 heterocycles. The quantitative estimate of drug-likeness (QED) is 0.707. The number of aryl methyl sites for hydroxylation is 1. The summed E-state index contributed by atoms with van der Waals surface area (Å²) in [4.78, 5) is 2.23. The molecule has 4 rings (SSSR count). The van der Waals surface area contributed by atoms with E-state index >= 15 is 0 Å². The second-order valence-electron chi connectivity index (χ2n) is 6.45. The Balaban J connectivity index is 1.53. The van der Waals surface area contributed by atoms with Crippen molar-refractivity contribution in [2.45, 2.75) is 19.7 Å². The summed E-state index contributed by atoms with van der Waals surface area (Å²) in [5.41, 5.74) is 4.32. The molecule has 1 saturated heterocycles. The van der Waals surface area contributed by atoms with Gasteiger partial charge in [-0.25, -0.2) is 4.68 Å². The van der Waals surface area contributed by atoms with Crippen LogP contribution in [-0.2, 0) is 11.3 Å². The third kappa shape index (κ3) is 3.41. The van der Waals surface area contributed by atoms with Crippen molar-refractivity contribution in [2.24, 2.45) is 0 Å². The molecule has 1 aromatic heterocycles. The van der Waals surface area contributed by atoms with E-state index in [2.05, 4.69) is 52.5 Å². The Morgan fingerprint density at radius 1 is 1.19 bits per heavy atom. The molecule has 0 amide bonds. The van der Waals surface area contributed by atoms with Crippen molar-refractivity contribution in [3.8, 4) is 5.75 Å². The zero-order valence-electron chi connectivity index (χ0n) is 15.0. The van der Waals surface area contributed by atoms with Gasteiger partial charge in [0, 0.05) is 12.2 Å². The van der Waals surface area contributed by atoms with Crippen LogP contribution in [0.4, 0.5) is 5.69 Å². The van der Waals surface area contributed by atoms with Crippen LogP contribution in [0.2, 0.25) is 0 Å². The van der Waals surface area contributed by atoms with E-state index in [1.54, 1.807) is 7.11 Å². The summed E-state index contributed by atoms with van der Waals surface area (Å²) in [6, 6.07) is 16.4. The SMILES string of the molecule is COc1cccc(Cn2cc(C3OCCN3c3cccc(C)c3)nn2)c1. The summed E-state index contributed by atoms with van der Waals surface area (Å²) < 4.78 is 13.0. The smallest absolute Gasteiger partial charge is 0.177 e. The molecule has 26 heavy (non-hydrogen) atoms. The molecule has 0 bridgehead atoms. The van der Waals surface area contributed by atoms with Crippen LogP contribution in [0.5, 0.6) is 5.75 Å². The summed E-state index contributed by atoms with van der Waals surface area (Å²) in [7, 11) is 1.67. The topological polar surface area (TPSA) is 52.4 Å². The fourth-order valence-corrected chi connectivity index (χ4v) is 3.25. The van der Waals surface area contributed by atoms with Crippen LogP contribution >= 0.6 is 0 Å². The van der Waals surface area contributed by atoms with Gasteiger partial charge in [-0.2, -0.15) is 0 Å². The molecule has 6 heteroatoms. The Hall–Kier alpha value is -2.86. The van der Waals surface area contributed by atoms with E-state index < -0.39 is 0 Å². The number of aromatic nitrogens is 3. The average Bonchev–Trinajstić information content (AvgIpc) is 3.31. The van der Waals surface area contributed by atoms with Crippen LogP contribution in [0.1, 0.15) is 23.0 Å². The van der Waals surface area contributed by atoms with Gasteiger partial charge < -0.3 is 14.4 Å². The predicted molar refractivity (Wildman–Crippen MR) is 99.3 cm³/mol. The van der Waals surface area contributed by atoms with Crippen LogP contribution in [0.3, 0.4) is 0 Å². The number of hydrogen-bond donors (Lipinski definition) is 0. The third-order valence-electron chi connectivity index (χ3n) is 4.51. The number of hydrogen-bond acceptors (Lipinski definition) is 5. The van der Waals surface area contributed by atoms with Crippen LogP contribution in [0.25, 0.3) is 0 Å². The van der Waals surface area contributed by atoms with Crippen LogP contribution in [0.15, 0.2) is 54.7 Å². The third-order valence-corrected chi connectivity index (χ3v) is 4.51. The van der Waals surface area contributed by atoms with Crippen molar-refractivity contribution in [1.82, 2.24) is 15.0 Å². The maximum Gasteiger partial charge on any atom is 0.177 e. The van der Waals surface area contributed by atoms with E-state index in [9.17, 15) is 0 Å². The molecule has 0 N–H and O–H groups in total. The number of rotatable bonds is 5. The Morgan fingerprint density at radius 3 is 2.92 bits per heavy atom. The van der Waals surface area contributed by atoms with Gasteiger partial charge in [-0.05, 0) is 42.3 Å². The first-order valence-electron chi connectivity index (χ1n) is 8.71. The number of ether oxygens (including phenoxy) is 2. The van der Waals surface area contributed by atoms with E-state index in [1.165, 1.54) is 5.56 Å². The van der Waals surface area contributed by atoms with E-state index in [4.69, 9.17) is 9.47 Å². The summed E-state index contributed by atoms with van der Waals surface area (Å²) in [6.45, 7) is 4.26. The second-order valence-corrected chi connectivity index (χ2v) is 6.45. The summed E-state index contributed by atoms with van der Waals surface area (Å²) in [5, 5.41) is 8.63. The predicted octanol–water partition coefficient (Wildman–Crippen LogP) is 3.18. The minimum atomic E-state index is -0.198. The molecule has 0 saturated carbocycles. The lowest BCUT2D eigenvalue weighted by molar-refractivity contribution is 0.110. The minimum Gasteiger partial charge on any atom is -0.497 e. The fourth-order valence-electron chi connectivity index (χ4n) is 3.25. The Bertz CT molecular complexity index is 893. The zero-order valence-corrected chi connectivity index (χ0v) is 15.0. The Morgan fingerprint density at radius 2 is 2.08 bits per heavy atom. The van der Waals surface area contributed by atoms with Gasteiger partial charge in [0.2, 0.25) is 0 Å². The van der Waals surface area contributed by atoms with Crippen LogP contribution in [-0.4, -0.2) is 35.3 Å². The monoisotopic (exact) mass is 350 g/mol. The van der Waals surface area contributed by atoms with Crippen molar-refractivity contribution < 1.29 is 9.47 Å². The first kappa shape index (κ1) is 16.6. The number of nitrogens with zero attached hydrogens (tertiary/aromatic N) is 4. The van der Waals surface area contributed by atoms with E-state index in [1.807, 2.05) is 29.1 Å². The van der Waals surface area contributed by atoms with E-state index in [-0.39, 0.29) is 6.23 Å². The molecule has 6 nitrogen and oxygen atoms in total. The zero-order chi connectivity index (χ0) is 17.9. The maximum absolute atomic E-state index is 5.94. The van der Waals surface area contributed by atoms with Crippen molar-refractivity contribution in [1.29, 1.82) is 0 Å². The largest absolute Gasteiger partial charge is 0.497 e. The van der Waals surface area contributed by atoms with Gasteiger partial charge in [-0.15, -0.1) is 5.10 Å². The highest BCUT2D eigenvalue weighted by molar-refractivity contribution is 5.50. The molecule has 1 aliphatic rings. The molecule has 3 aromatic rings. The highest BCUT2D eigenvalue weighted by Gasteiger charge is 2.29. The van der Waals surface area contributed by atoms with Gasteiger partial charge in [-0.3, -0.25) is 0 Å². The molecule has 1 unspecified atom stereocenters. The van der Waals surface area contributed by atoms with E-state index in [0.29, 0.717) is 13.2 Å². The Kier molecular flexibility index (Phi) is 4.58. The maximum atomic E-state index is 5.94. The van der Waals surface area contributed by atoms with Gasteiger partial charge in [-0.1, -0.05) is 29.5 Å². The average molecular weight is 350 g/mol. The van der Waals surface area contributed by atoms with Gasteiger partial charge in [0.05, 0.1) is 26.5 Å². The first-order chi connectivity index (χ1) is 12.7. The normalized spacial score (nSPS) is 16.8. The first-order valence-corrected chi connectivity index (χ1v) is 8.71. The second kappa shape index (κ2) is 7.17. The molecule has 0 aliphatic carbocycles. The van der Waals surface area contributed by atoms with Gasteiger partial charge in [0.25, 0.3) is 0 Å². The van der Waals surface area contributed by atoms with Crippen LogP contribution in [0, 0.1) is 6.92 Å². The molecular formula is C20H22N4O2. The van der Waals surface area contributed by atoms with Gasteiger partial charge in [0.15, 0.2) is 6.23 Å². The lowest BCUT2D eigenvalue weighted by atomic mass is 10.2. The van der Waals surface area contributed by atoms with Crippen molar-refractivity contribution in [3.63, 3.8) is 0 Å². The highest BCUT2D eigenvalue weighted by Crippen LogP contribution is 2.31. The number of methoxy groups -OCH3 is 1. The minimum absolute atomic E-state index is 0.198. The van der Waals surface area contributed by atoms with Crippen LogP contribution < -0.4 is 9.64 Å². The number of benzene rings is 2. The lowest BCUT2D eigenvalue weighted by Crippen LogP contribution is -2.23. The van der Waals surface area contributed by atoms with Gasteiger partial charge >= 0.3 is 0 Å². The number of anilines is 1. The molecule has 0 radical (unpaired) electrons. The molecule has 134 valence electrons. The molecule has 1 aliphatic heterocycles. The standard InChI is InChI=1S/C20H22N4O2/c1-15-5-3-7-17(11-15)24-9-10-26-20(24)19-14-23(22-21-19)13-16-6-4-8-18(12-16)25-2/h3-8,11-12,14,20H,9-10,13H2,1-2H3. The van der Waals surface area contributed by atoms with Crippen molar-refractivity contribution in [2.75, 3.05) is 25.2 Å². The van der Waals surface area contributed by atoms with E-state index in [0.717, 1.165) is 29.2 Å². The van der Waals surface area contributed by atoms with Gasteiger partial charge in [0.1, 0.15) is 11.4 Å². The summed E-state index contributed by atoms with van der Waals surface area (Å²) in [6.07, 6.45) is 1.76.